The molecule has 3 amide bonds. The molecule has 3 N–H and O–H groups in total. The summed E-state index contributed by atoms with van der Waals surface area (Å²) in [6.07, 6.45) is 2.22. The number of hydrogen-bond acceptors (Lipinski definition) is 7. The summed E-state index contributed by atoms with van der Waals surface area (Å²) in [6.45, 7) is 5.69. The van der Waals surface area contributed by atoms with Crippen LogP contribution >= 0.6 is 0 Å². The fourth-order valence-corrected chi connectivity index (χ4v) is 5.87. The minimum Gasteiger partial charge on any atom is -0.381 e. The third kappa shape index (κ3) is 5.06. The number of anilines is 1. The molecule has 0 spiro atoms. The van der Waals surface area contributed by atoms with Crippen LogP contribution in [0.1, 0.15) is 72.3 Å². The van der Waals surface area contributed by atoms with E-state index in [1.54, 1.807) is 12.1 Å². The number of methoxy groups -OCH3 is 1. The number of hydrogen-bond donors (Lipinski definition) is 3. The molecule has 0 aliphatic carbocycles. The molecule has 0 aromatic heterocycles. The zero-order valence-corrected chi connectivity index (χ0v) is 22.0. The van der Waals surface area contributed by atoms with E-state index in [1.807, 2.05) is 13.2 Å². The van der Waals surface area contributed by atoms with Gasteiger partial charge in [-0.25, -0.2) is 0 Å². The second-order valence-electron chi connectivity index (χ2n) is 10.5. The highest BCUT2D eigenvalue weighted by molar-refractivity contribution is 6.06. The van der Waals surface area contributed by atoms with Gasteiger partial charge in [0.15, 0.2) is 6.23 Å². The van der Waals surface area contributed by atoms with Gasteiger partial charge in [0.25, 0.3) is 5.91 Å². The van der Waals surface area contributed by atoms with E-state index in [4.69, 9.17) is 4.74 Å². The van der Waals surface area contributed by atoms with Gasteiger partial charge in [-0.1, -0.05) is 37.3 Å². The van der Waals surface area contributed by atoms with Crippen LogP contribution in [0.3, 0.4) is 0 Å². The van der Waals surface area contributed by atoms with Gasteiger partial charge < -0.3 is 15.2 Å². The monoisotopic (exact) mass is 520 g/mol. The lowest BCUT2D eigenvalue weighted by Crippen LogP contribution is -2.53. The van der Waals surface area contributed by atoms with Crippen LogP contribution < -0.4 is 10.6 Å². The highest BCUT2D eigenvalue weighted by Gasteiger charge is 2.45. The van der Waals surface area contributed by atoms with Gasteiger partial charge in [-0.05, 0) is 48.9 Å². The number of aliphatic hydroxyl groups is 1. The summed E-state index contributed by atoms with van der Waals surface area (Å²) in [5.41, 5.74) is 3.84. The third-order valence-corrected chi connectivity index (χ3v) is 8.40. The van der Waals surface area contributed by atoms with E-state index in [0.717, 1.165) is 44.5 Å². The number of aliphatic hydroxyl groups excluding tert-OH is 1. The first-order chi connectivity index (χ1) is 18.3. The molecule has 9 nitrogen and oxygen atoms in total. The second-order valence-corrected chi connectivity index (χ2v) is 10.5. The van der Waals surface area contributed by atoms with Crippen LogP contribution in [0.15, 0.2) is 42.5 Å². The van der Waals surface area contributed by atoms with Crippen LogP contribution in [0.25, 0.3) is 0 Å². The molecule has 0 radical (unpaired) electrons. The first kappa shape index (κ1) is 26.3. The van der Waals surface area contributed by atoms with Crippen molar-refractivity contribution in [2.24, 2.45) is 0 Å². The quantitative estimate of drug-likeness (QED) is 0.459. The molecule has 202 valence electrons. The van der Waals surface area contributed by atoms with Crippen molar-refractivity contribution in [1.82, 2.24) is 15.1 Å². The minimum atomic E-state index is -1.26. The zero-order valence-electron chi connectivity index (χ0n) is 22.0. The Morgan fingerprint density at radius 1 is 1.08 bits per heavy atom. The van der Waals surface area contributed by atoms with E-state index < -0.39 is 24.1 Å². The Hall–Kier alpha value is -3.27. The first-order valence-electron chi connectivity index (χ1n) is 13.4. The van der Waals surface area contributed by atoms with Gasteiger partial charge in [-0.15, -0.1) is 0 Å². The van der Waals surface area contributed by atoms with E-state index in [1.165, 1.54) is 10.5 Å². The number of piperidine rings is 2. The van der Waals surface area contributed by atoms with Gasteiger partial charge in [-0.2, -0.15) is 0 Å². The molecule has 2 atom stereocenters. The van der Waals surface area contributed by atoms with E-state index >= 15 is 0 Å². The largest absolute Gasteiger partial charge is 0.381 e. The van der Waals surface area contributed by atoms with Crippen LogP contribution in [-0.4, -0.2) is 64.5 Å². The Bertz CT molecular complexity index is 1200. The number of fused-ring (bicyclic) bond motifs is 1. The van der Waals surface area contributed by atoms with Crippen molar-refractivity contribution < 1.29 is 24.2 Å². The number of ether oxygens (including phenoxy) is 1. The summed E-state index contributed by atoms with van der Waals surface area (Å²) >= 11 is 0. The van der Waals surface area contributed by atoms with Crippen molar-refractivity contribution in [2.45, 2.75) is 70.0 Å². The fourth-order valence-electron chi connectivity index (χ4n) is 5.87. The molecule has 38 heavy (non-hydrogen) atoms. The molecule has 3 aliphatic heterocycles. The summed E-state index contributed by atoms with van der Waals surface area (Å²) in [5.74, 6) is -1.32. The normalized spacial score (nSPS) is 23.3. The number of imide groups is 1. The summed E-state index contributed by atoms with van der Waals surface area (Å²) in [4.78, 5) is 40.7. The van der Waals surface area contributed by atoms with Gasteiger partial charge >= 0.3 is 0 Å². The molecule has 2 aromatic carbocycles. The maximum absolute atomic E-state index is 13.1. The predicted octanol–water partition coefficient (Wildman–Crippen LogP) is 2.94. The van der Waals surface area contributed by atoms with Crippen LogP contribution in [0.2, 0.25) is 0 Å². The Balaban J connectivity index is 1.21. The summed E-state index contributed by atoms with van der Waals surface area (Å²) in [6, 6.07) is 12.8. The lowest BCUT2D eigenvalue weighted by atomic mass is 9.88. The topological polar surface area (TPSA) is 111 Å². The maximum atomic E-state index is 13.1. The van der Waals surface area contributed by atoms with Crippen molar-refractivity contribution in [2.75, 3.05) is 25.5 Å². The molecule has 3 aliphatic rings. The Labute approximate surface area is 223 Å². The van der Waals surface area contributed by atoms with Gasteiger partial charge in [0, 0.05) is 56.5 Å². The third-order valence-electron chi connectivity index (χ3n) is 8.40. The van der Waals surface area contributed by atoms with E-state index in [2.05, 4.69) is 46.7 Å². The average Bonchev–Trinajstić information content (AvgIpc) is 3.19. The van der Waals surface area contributed by atoms with Gasteiger partial charge in [0.1, 0.15) is 6.04 Å². The summed E-state index contributed by atoms with van der Waals surface area (Å²) in [7, 11) is 1.82. The van der Waals surface area contributed by atoms with Crippen LogP contribution in [0.4, 0.5) is 5.69 Å². The van der Waals surface area contributed by atoms with Crippen molar-refractivity contribution in [3.63, 3.8) is 0 Å². The molecule has 2 aromatic rings. The van der Waals surface area contributed by atoms with Crippen molar-refractivity contribution in [3.05, 3.63) is 64.7 Å². The highest BCUT2D eigenvalue weighted by atomic mass is 16.5. The van der Waals surface area contributed by atoms with Crippen molar-refractivity contribution in [3.8, 4) is 0 Å². The van der Waals surface area contributed by atoms with Crippen LogP contribution in [-0.2, 0) is 27.4 Å². The molecule has 9 heteroatoms. The van der Waals surface area contributed by atoms with Crippen LogP contribution in [0, 0.1) is 0 Å². The fraction of sp³-hybridized carbons (Fsp3) is 0.483. The van der Waals surface area contributed by atoms with Crippen LogP contribution in [0.5, 0.6) is 0 Å². The molecule has 0 saturated carbocycles. The Morgan fingerprint density at radius 3 is 2.45 bits per heavy atom. The second kappa shape index (κ2) is 10.8. The SMILES string of the molecule is CCC1(OC)CCN(Cc2ccc(CNc3cccc4c3C(O)N(C3CCC(=O)NC3=O)C4=O)cc2)CC1. The molecule has 2 fully saturated rings. The number of likely N-dealkylation sites (tertiary alicyclic amines) is 1. The number of benzene rings is 2. The molecular weight excluding hydrogens is 484 g/mol. The molecule has 2 saturated heterocycles. The first-order valence-corrected chi connectivity index (χ1v) is 13.4. The highest BCUT2D eigenvalue weighted by Crippen LogP contribution is 2.39. The molecule has 2 unspecified atom stereocenters. The number of carbonyl (C=O) groups excluding carboxylic acids is 3. The van der Waals surface area contributed by atoms with E-state index in [-0.39, 0.29) is 24.3 Å². The number of rotatable bonds is 8. The zero-order chi connectivity index (χ0) is 26.9. The smallest absolute Gasteiger partial charge is 0.257 e. The molecular formula is C29H36N4O5. The minimum absolute atomic E-state index is 0.0285. The summed E-state index contributed by atoms with van der Waals surface area (Å²) < 4.78 is 5.79. The molecule has 0 bridgehead atoms. The number of nitrogens with zero attached hydrogens (tertiary/aromatic N) is 2. The van der Waals surface area contributed by atoms with Gasteiger partial charge in [0.2, 0.25) is 11.8 Å². The van der Waals surface area contributed by atoms with Gasteiger partial charge in [0.05, 0.1) is 5.60 Å². The number of nitrogens with one attached hydrogen (secondary N) is 2. The number of amides is 3. The standard InChI is InChI=1S/C29H36N4O5/c1-3-29(38-2)13-15-32(16-14-29)18-20-9-7-19(8-10-20)17-30-22-6-4-5-21-25(22)28(37)33(27(21)36)23-11-12-24(34)31-26(23)35/h4-10,23,28,30,37H,3,11-18H2,1-2H3,(H,31,34,35). The lowest BCUT2D eigenvalue weighted by molar-refractivity contribution is -0.139. The number of carbonyl (C=O) groups is 3. The molecule has 5 rings (SSSR count). The summed E-state index contributed by atoms with van der Waals surface area (Å²) in [5, 5.41) is 16.7. The van der Waals surface area contributed by atoms with E-state index in [0.29, 0.717) is 23.4 Å². The van der Waals surface area contributed by atoms with Gasteiger partial charge in [-0.3, -0.25) is 29.5 Å². The lowest BCUT2D eigenvalue weighted by Gasteiger charge is -2.40. The van der Waals surface area contributed by atoms with Crippen molar-refractivity contribution in [1.29, 1.82) is 0 Å². The Kier molecular flexibility index (Phi) is 7.52. The Morgan fingerprint density at radius 2 is 1.79 bits per heavy atom. The molecule has 3 heterocycles. The maximum Gasteiger partial charge on any atom is 0.257 e. The average molecular weight is 521 g/mol. The van der Waals surface area contributed by atoms with E-state index in [9.17, 15) is 19.5 Å². The predicted molar refractivity (Wildman–Crippen MR) is 142 cm³/mol. The van der Waals surface area contributed by atoms with Crippen molar-refractivity contribution >= 4 is 23.4 Å².